The van der Waals surface area contributed by atoms with Gasteiger partial charge in [-0.15, -0.1) is 0 Å². The number of allylic oxidation sites excluding steroid dienone is 8. The average molecular weight is 1050 g/mol. The minimum absolute atomic E-state index is 0.234. The highest BCUT2D eigenvalue weighted by Gasteiger charge is 2.44. The quantitative estimate of drug-likeness (QED) is 0.0215. The van der Waals surface area contributed by atoms with E-state index in [-0.39, 0.29) is 12.8 Å². The van der Waals surface area contributed by atoms with Gasteiger partial charge < -0.3 is 50.5 Å². The normalized spacial score (nSPS) is 20.1. The van der Waals surface area contributed by atoms with E-state index in [1.807, 2.05) is 0 Å². The van der Waals surface area contributed by atoms with Crippen molar-refractivity contribution in [2.45, 2.75) is 332 Å². The van der Waals surface area contributed by atoms with E-state index in [9.17, 15) is 40.5 Å². The summed E-state index contributed by atoms with van der Waals surface area (Å²) in [7, 11) is 0. The van der Waals surface area contributed by atoms with Gasteiger partial charge in [-0.1, -0.05) is 236 Å². The van der Waals surface area contributed by atoms with Crippen LogP contribution in [0.5, 0.6) is 0 Å². The number of nitrogens with one attached hydrogen (secondary N) is 1. The maximum Gasteiger partial charge on any atom is 0.249 e. The summed E-state index contributed by atoms with van der Waals surface area (Å²) >= 11 is 0. The summed E-state index contributed by atoms with van der Waals surface area (Å²) in [5.41, 5.74) is 0. The van der Waals surface area contributed by atoms with Gasteiger partial charge in [0.2, 0.25) is 5.91 Å². The first-order valence-electron chi connectivity index (χ1n) is 31.0. The minimum Gasteiger partial charge on any atom is -0.394 e. The third kappa shape index (κ3) is 39.4. The molecule has 1 heterocycles. The summed E-state index contributed by atoms with van der Waals surface area (Å²) in [5, 5.41) is 76.1. The Morgan fingerprint density at radius 3 is 1.20 bits per heavy atom. The Kier molecular flexibility index (Phi) is 49.1. The summed E-state index contributed by atoms with van der Waals surface area (Å²) in [6.45, 7) is 3.45. The van der Waals surface area contributed by atoms with Crippen molar-refractivity contribution < 1.29 is 50.0 Å². The highest BCUT2D eigenvalue weighted by atomic mass is 16.7. The van der Waals surface area contributed by atoms with Crippen LogP contribution in [0.4, 0.5) is 0 Å². The first-order valence-corrected chi connectivity index (χ1v) is 31.0. The fourth-order valence-corrected chi connectivity index (χ4v) is 9.76. The van der Waals surface area contributed by atoms with Crippen molar-refractivity contribution in [1.29, 1.82) is 0 Å². The molecule has 1 saturated heterocycles. The van der Waals surface area contributed by atoms with E-state index < -0.39 is 74.2 Å². The Bertz CT molecular complexity index is 1340. The second-order valence-electron chi connectivity index (χ2n) is 21.7. The van der Waals surface area contributed by atoms with Gasteiger partial charge in [-0.05, 0) is 89.9 Å². The van der Waals surface area contributed by atoms with Crippen LogP contribution in [-0.2, 0) is 14.3 Å². The minimum atomic E-state index is -1.68. The smallest absolute Gasteiger partial charge is 0.249 e. The first-order chi connectivity index (χ1) is 36.2. The molecular formula is C63H117NO10. The van der Waals surface area contributed by atoms with Gasteiger partial charge in [-0.2, -0.15) is 0 Å². The molecule has 8 N–H and O–H groups in total. The number of unbranched alkanes of at least 4 members (excludes halogenated alkanes) is 33. The number of carbonyl (C=O) groups excluding carboxylic acids is 1. The molecular weight excluding hydrogens is 931 g/mol. The van der Waals surface area contributed by atoms with Gasteiger partial charge in [0.25, 0.3) is 0 Å². The SMILES string of the molecule is CCCCCCCCCCC/C=C\CCCCCCC(O)C(=O)NC(COC1OC(CO)C(O)C(O)C1O)C(O)C(O)CCC/C=C/CC/C=C/CC/C=C/CCCCCCCCCCCCCCCCCCC. The molecule has 1 fully saturated rings. The number of hydrogen-bond acceptors (Lipinski definition) is 10. The molecule has 0 aromatic heterocycles. The summed E-state index contributed by atoms with van der Waals surface area (Å²) in [6.07, 6.45) is 54.7. The van der Waals surface area contributed by atoms with E-state index in [0.717, 1.165) is 57.8 Å². The molecule has 0 aromatic carbocycles. The van der Waals surface area contributed by atoms with Gasteiger partial charge in [0.05, 0.1) is 25.4 Å². The molecule has 1 amide bonds. The fourth-order valence-electron chi connectivity index (χ4n) is 9.76. The second-order valence-corrected chi connectivity index (χ2v) is 21.7. The van der Waals surface area contributed by atoms with E-state index in [0.29, 0.717) is 19.3 Å². The Morgan fingerprint density at radius 2 is 0.811 bits per heavy atom. The van der Waals surface area contributed by atoms with Gasteiger partial charge in [-0.25, -0.2) is 0 Å². The molecule has 11 heteroatoms. The van der Waals surface area contributed by atoms with Crippen LogP contribution in [0, 0.1) is 0 Å². The van der Waals surface area contributed by atoms with Crippen molar-refractivity contribution in [1.82, 2.24) is 5.32 Å². The Labute approximate surface area is 453 Å². The maximum atomic E-state index is 13.2. The van der Waals surface area contributed by atoms with E-state index in [2.05, 4.69) is 67.8 Å². The summed E-state index contributed by atoms with van der Waals surface area (Å²) in [4.78, 5) is 13.2. The number of aliphatic hydroxyl groups excluding tert-OH is 7. The Hall–Kier alpha value is -1.93. The zero-order chi connectivity index (χ0) is 54.0. The third-order valence-corrected chi connectivity index (χ3v) is 14.8. The Balaban J connectivity index is 2.30. The van der Waals surface area contributed by atoms with Crippen LogP contribution >= 0.6 is 0 Å². The number of aliphatic hydroxyl groups is 7. The number of amides is 1. The predicted molar refractivity (Wildman–Crippen MR) is 307 cm³/mol. The first kappa shape index (κ1) is 70.1. The maximum absolute atomic E-state index is 13.2. The number of ether oxygens (including phenoxy) is 2. The molecule has 1 aliphatic rings. The van der Waals surface area contributed by atoms with E-state index >= 15 is 0 Å². The van der Waals surface area contributed by atoms with Crippen molar-refractivity contribution in [3.8, 4) is 0 Å². The summed E-state index contributed by atoms with van der Waals surface area (Å²) < 4.78 is 11.1. The molecule has 434 valence electrons. The lowest BCUT2D eigenvalue weighted by molar-refractivity contribution is -0.303. The van der Waals surface area contributed by atoms with Crippen molar-refractivity contribution in [3.05, 3.63) is 48.6 Å². The molecule has 0 aliphatic carbocycles. The molecule has 1 rings (SSSR count). The second kappa shape index (κ2) is 51.8. The van der Waals surface area contributed by atoms with Gasteiger partial charge in [0.1, 0.15) is 36.6 Å². The van der Waals surface area contributed by atoms with Gasteiger partial charge >= 0.3 is 0 Å². The van der Waals surface area contributed by atoms with Crippen molar-refractivity contribution >= 4 is 5.91 Å². The Morgan fingerprint density at radius 1 is 0.459 bits per heavy atom. The largest absolute Gasteiger partial charge is 0.394 e. The molecule has 0 radical (unpaired) electrons. The molecule has 74 heavy (non-hydrogen) atoms. The van der Waals surface area contributed by atoms with Crippen LogP contribution in [0.1, 0.15) is 277 Å². The highest BCUT2D eigenvalue weighted by Crippen LogP contribution is 2.23. The zero-order valence-electron chi connectivity index (χ0n) is 47.6. The van der Waals surface area contributed by atoms with Crippen LogP contribution in [0.25, 0.3) is 0 Å². The average Bonchev–Trinajstić information content (AvgIpc) is 3.40. The van der Waals surface area contributed by atoms with Crippen LogP contribution in [-0.4, -0.2) is 110 Å². The van der Waals surface area contributed by atoms with Crippen LogP contribution in [0.15, 0.2) is 48.6 Å². The van der Waals surface area contributed by atoms with E-state index in [4.69, 9.17) is 9.47 Å². The molecule has 0 saturated carbocycles. The van der Waals surface area contributed by atoms with E-state index in [1.165, 1.54) is 173 Å². The van der Waals surface area contributed by atoms with Crippen molar-refractivity contribution in [3.63, 3.8) is 0 Å². The summed E-state index contributed by atoms with van der Waals surface area (Å²) in [6, 6.07) is -1.20. The molecule has 0 bridgehead atoms. The molecule has 0 spiro atoms. The standard InChI is InChI=1S/C63H117NO10/c1-3-5-7-9-11-13-15-17-19-21-22-23-24-25-26-27-28-29-30-31-32-33-35-36-38-40-42-44-46-48-50-55(66)58(68)54(53-73-63-61(71)60(70)59(69)57(52-65)74-63)64-62(72)56(67)51-49-47-45-43-41-39-37-34-20-18-16-14-12-10-8-6-4-2/h30-31,35-37,39,42,44,54-61,63,65-71H,3-29,32-34,38,40-41,43,45-53H2,1-2H3,(H,64,72)/b31-30+,36-35+,39-37-,44-42+. The third-order valence-electron chi connectivity index (χ3n) is 14.8. The fraction of sp³-hybridized carbons (Fsp3) is 0.857. The number of carbonyl (C=O) groups is 1. The summed E-state index contributed by atoms with van der Waals surface area (Å²) in [5.74, 6) is -0.720. The van der Waals surface area contributed by atoms with Gasteiger partial charge in [0.15, 0.2) is 6.29 Å². The highest BCUT2D eigenvalue weighted by molar-refractivity contribution is 5.80. The lowest BCUT2D eigenvalue weighted by atomic mass is 9.98. The van der Waals surface area contributed by atoms with Gasteiger partial charge in [-0.3, -0.25) is 4.79 Å². The molecule has 1 aliphatic heterocycles. The van der Waals surface area contributed by atoms with Crippen LogP contribution < -0.4 is 5.32 Å². The molecule has 9 atom stereocenters. The van der Waals surface area contributed by atoms with Gasteiger partial charge in [0, 0.05) is 0 Å². The van der Waals surface area contributed by atoms with Crippen LogP contribution in [0.3, 0.4) is 0 Å². The van der Waals surface area contributed by atoms with E-state index in [1.54, 1.807) is 0 Å². The topological polar surface area (TPSA) is 189 Å². The number of hydrogen-bond donors (Lipinski definition) is 8. The molecule has 9 unspecified atom stereocenters. The molecule has 11 nitrogen and oxygen atoms in total. The lowest BCUT2D eigenvalue weighted by Gasteiger charge is -2.40. The van der Waals surface area contributed by atoms with Crippen LogP contribution in [0.2, 0.25) is 0 Å². The monoisotopic (exact) mass is 1050 g/mol. The predicted octanol–water partition coefficient (Wildman–Crippen LogP) is 13.6. The van der Waals surface area contributed by atoms with Crippen molar-refractivity contribution in [2.75, 3.05) is 13.2 Å². The van der Waals surface area contributed by atoms with Crippen molar-refractivity contribution in [2.24, 2.45) is 0 Å². The number of rotatable bonds is 53. The zero-order valence-corrected chi connectivity index (χ0v) is 47.6. The molecule has 0 aromatic rings. The lowest BCUT2D eigenvalue weighted by Crippen LogP contribution is -2.60.